The third kappa shape index (κ3) is 4.13. The Balaban J connectivity index is 1.92. The van der Waals surface area contributed by atoms with Crippen LogP contribution in [0.1, 0.15) is 69.9 Å². The Hall–Kier alpha value is -0.820. The number of ether oxygens (including phenoxy) is 1. The van der Waals surface area contributed by atoms with Crippen molar-refractivity contribution < 1.29 is 4.74 Å². The van der Waals surface area contributed by atoms with Crippen LogP contribution in [0.2, 0.25) is 0 Å². The van der Waals surface area contributed by atoms with Crippen LogP contribution in [-0.2, 0) is 11.3 Å². The summed E-state index contributed by atoms with van der Waals surface area (Å²) in [6.45, 7) is 7.02. The number of benzene rings is 1. The second kappa shape index (κ2) is 5.88. The molecular formula is C17H26O. The van der Waals surface area contributed by atoms with Crippen LogP contribution in [0.25, 0.3) is 0 Å². The van der Waals surface area contributed by atoms with E-state index in [1.54, 1.807) is 0 Å². The SMILES string of the molecule is CC(C)(C)OCc1ccc(C2CCCCC2)cc1. The topological polar surface area (TPSA) is 9.23 Å². The summed E-state index contributed by atoms with van der Waals surface area (Å²) in [5.41, 5.74) is 2.75. The lowest BCUT2D eigenvalue weighted by Gasteiger charge is -2.22. The van der Waals surface area contributed by atoms with E-state index in [9.17, 15) is 0 Å². The molecule has 2 rings (SSSR count). The highest BCUT2D eigenvalue weighted by Crippen LogP contribution is 2.32. The van der Waals surface area contributed by atoms with Crippen molar-refractivity contribution >= 4 is 0 Å². The van der Waals surface area contributed by atoms with Gasteiger partial charge in [-0.25, -0.2) is 0 Å². The molecule has 1 aromatic rings. The monoisotopic (exact) mass is 246 g/mol. The van der Waals surface area contributed by atoms with Gasteiger partial charge in [-0.05, 0) is 50.7 Å². The van der Waals surface area contributed by atoms with Crippen molar-refractivity contribution in [2.24, 2.45) is 0 Å². The molecule has 0 radical (unpaired) electrons. The van der Waals surface area contributed by atoms with Crippen molar-refractivity contribution in [1.82, 2.24) is 0 Å². The first-order valence-corrected chi connectivity index (χ1v) is 7.27. The highest BCUT2D eigenvalue weighted by Gasteiger charge is 2.15. The summed E-state index contributed by atoms with van der Waals surface area (Å²) in [4.78, 5) is 0. The first-order chi connectivity index (χ1) is 8.54. The largest absolute Gasteiger partial charge is 0.371 e. The lowest BCUT2D eigenvalue weighted by molar-refractivity contribution is -0.0149. The van der Waals surface area contributed by atoms with E-state index in [-0.39, 0.29) is 5.60 Å². The van der Waals surface area contributed by atoms with Crippen molar-refractivity contribution in [3.63, 3.8) is 0 Å². The standard InChI is InChI=1S/C17H26O/c1-17(2,3)18-13-14-9-11-16(12-10-14)15-7-5-4-6-8-15/h9-12,15H,4-8,13H2,1-3H3. The van der Waals surface area contributed by atoms with Gasteiger partial charge in [-0.15, -0.1) is 0 Å². The lowest BCUT2D eigenvalue weighted by Crippen LogP contribution is -2.18. The van der Waals surface area contributed by atoms with Gasteiger partial charge in [0.1, 0.15) is 0 Å². The summed E-state index contributed by atoms with van der Waals surface area (Å²) in [5.74, 6) is 0.802. The molecule has 1 heteroatoms. The molecule has 1 aliphatic rings. The molecular weight excluding hydrogens is 220 g/mol. The zero-order valence-corrected chi connectivity index (χ0v) is 12.0. The van der Waals surface area contributed by atoms with Crippen LogP contribution >= 0.6 is 0 Å². The molecule has 1 aliphatic carbocycles. The van der Waals surface area contributed by atoms with Crippen LogP contribution < -0.4 is 0 Å². The molecule has 100 valence electrons. The predicted molar refractivity (Wildman–Crippen MR) is 76.8 cm³/mol. The fourth-order valence-corrected chi connectivity index (χ4v) is 2.62. The summed E-state index contributed by atoms with van der Waals surface area (Å²) < 4.78 is 5.80. The first-order valence-electron chi connectivity index (χ1n) is 7.27. The van der Waals surface area contributed by atoms with Crippen LogP contribution in [0.3, 0.4) is 0 Å². The average molecular weight is 246 g/mol. The van der Waals surface area contributed by atoms with Crippen LogP contribution in [0, 0.1) is 0 Å². The summed E-state index contributed by atoms with van der Waals surface area (Å²) in [6.07, 6.45) is 6.97. The third-order valence-corrected chi connectivity index (χ3v) is 3.73. The molecule has 0 atom stereocenters. The molecule has 0 saturated heterocycles. The quantitative estimate of drug-likeness (QED) is 0.725. The molecule has 0 spiro atoms. The van der Waals surface area contributed by atoms with E-state index in [4.69, 9.17) is 4.74 Å². The van der Waals surface area contributed by atoms with Crippen LogP contribution in [0.5, 0.6) is 0 Å². The van der Waals surface area contributed by atoms with Crippen LogP contribution in [0.15, 0.2) is 24.3 Å². The normalized spacial score (nSPS) is 17.9. The number of hydrogen-bond acceptors (Lipinski definition) is 1. The van der Waals surface area contributed by atoms with Crippen LogP contribution in [-0.4, -0.2) is 5.60 Å². The van der Waals surface area contributed by atoms with Crippen molar-refractivity contribution in [3.05, 3.63) is 35.4 Å². The summed E-state index contributed by atoms with van der Waals surface area (Å²) in [5, 5.41) is 0. The Morgan fingerprint density at radius 1 is 1.00 bits per heavy atom. The Morgan fingerprint density at radius 3 is 2.17 bits per heavy atom. The molecule has 0 aromatic heterocycles. The smallest absolute Gasteiger partial charge is 0.0724 e. The highest BCUT2D eigenvalue weighted by atomic mass is 16.5. The minimum atomic E-state index is -0.0535. The van der Waals surface area contributed by atoms with Crippen LogP contribution in [0.4, 0.5) is 0 Å². The van der Waals surface area contributed by atoms with E-state index >= 15 is 0 Å². The highest BCUT2D eigenvalue weighted by molar-refractivity contribution is 5.25. The molecule has 0 bridgehead atoms. The predicted octanol–water partition coefficient (Wildman–Crippen LogP) is 5.05. The molecule has 1 saturated carbocycles. The van der Waals surface area contributed by atoms with Gasteiger partial charge >= 0.3 is 0 Å². The van der Waals surface area contributed by atoms with Gasteiger partial charge in [0.25, 0.3) is 0 Å². The lowest BCUT2D eigenvalue weighted by atomic mass is 9.84. The van der Waals surface area contributed by atoms with Gasteiger partial charge in [-0.1, -0.05) is 43.5 Å². The van der Waals surface area contributed by atoms with Gasteiger partial charge in [0.2, 0.25) is 0 Å². The van der Waals surface area contributed by atoms with E-state index in [2.05, 4.69) is 45.0 Å². The van der Waals surface area contributed by atoms with Gasteiger partial charge in [-0.3, -0.25) is 0 Å². The third-order valence-electron chi connectivity index (χ3n) is 3.73. The summed E-state index contributed by atoms with van der Waals surface area (Å²) in [6, 6.07) is 9.07. The van der Waals surface area contributed by atoms with Crippen molar-refractivity contribution in [3.8, 4) is 0 Å². The second-order valence-electron chi connectivity index (χ2n) is 6.48. The minimum absolute atomic E-state index is 0.0535. The Bertz CT molecular complexity index is 352. The van der Waals surface area contributed by atoms with Gasteiger partial charge in [0.05, 0.1) is 12.2 Å². The maximum Gasteiger partial charge on any atom is 0.0724 e. The molecule has 0 heterocycles. The number of rotatable bonds is 3. The molecule has 1 aromatic carbocycles. The second-order valence-corrected chi connectivity index (χ2v) is 6.48. The fraction of sp³-hybridized carbons (Fsp3) is 0.647. The minimum Gasteiger partial charge on any atom is -0.371 e. The molecule has 0 N–H and O–H groups in total. The van der Waals surface area contributed by atoms with Gasteiger partial charge in [0, 0.05) is 0 Å². The maximum atomic E-state index is 5.80. The van der Waals surface area contributed by atoms with Crippen molar-refractivity contribution in [2.45, 2.75) is 71.0 Å². The Labute approximate surface area is 112 Å². The van der Waals surface area contributed by atoms with Gasteiger partial charge in [0.15, 0.2) is 0 Å². The Kier molecular flexibility index (Phi) is 4.45. The molecule has 0 unspecified atom stereocenters. The molecule has 0 amide bonds. The first kappa shape index (κ1) is 13.6. The van der Waals surface area contributed by atoms with E-state index in [1.807, 2.05) is 0 Å². The fourth-order valence-electron chi connectivity index (χ4n) is 2.62. The Morgan fingerprint density at radius 2 is 1.61 bits per heavy atom. The summed E-state index contributed by atoms with van der Waals surface area (Å²) in [7, 11) is 0. The molecule has 0 aliphatic heterocycles. The van der Waals surface area contributed by atoms with E-state index in [0.717, 1.165) is 5.92 Å². The van der Waals surface area contributed by atoms with E-state index in [1.165, 1.54) is 43.2 Å². The molecule has 18 heavy (non-hydrogen) atoms. The summed E-state index contributed by atoms with van der Waals surface area (Å²) >= 11 is 0. The number of hydrogen-bond donors (Lipinski definition) is 0. The zero-order chi connectivity index (χ0) is 13.0. The van der Waals surface area contributed by atoms with Crippen molar-refractivity contribution in [2.75, 3.05) is 0 Å². The maximum absolute atomic E-state index is 5.80. The van der Waals surface area contributed by atoms with E-state index in [0.29, 0.717) is 6.61 Å². The van der Waals surface area contributed by atoms with Crippen molar-refractivity contribution in [1.29, 1.82) is 0 Å². The van der Waals surface area contributed by atoms with Gasteiger partial charge < -0.3 is 4.74 Å². The molecule has 1 nitrogen and oxygen atoms in total. The average Bonchev–Trinajstić information content (AvgIpc) is 2.37. The zero-order valence-electron chi connectivity index (χ0n) is 12.0. The van der Waals surface area contributed by atoms with E-state index < -0.39 is 0 Å². The molecule has 1 fully saturated rings. The van der Waals surface area contributed by atoms with Gasteiger partial charge in [-0.2, -0.15) is 0 Å².